The van der Waals surface area contributed by atoms with E-state index in [0.29, 0.717) is 24.9 Å². The third-order valence-corrected chi connectivity index (χ3v) is 3.62. The first-order chi connectivity index (χ1) is 9.29. The van der Waals surface area contributed by atoms with Crippen LogP contribution in [0.5, 0.6) is 0 Å². The molecule has 3 heterocycles. The van der Waals surface area contributed by atoms with Gasteiger partial charge in [0.05, 0.1) is 30.6 Å². The zero-order chi connectivity index (χ0) is 13.2. The first kappa shape index (κ1) is 12.4. The molecule has 1 amide bonds. The van der Waals surface area contributed by atoms with Crippen molar-refractivity contribution in [3.8, 4) is 0 Å². The van der Waals surface area contributed by atoms with Gasteiger partial charge in [-0.2, -0.15) is 0 Å². The normalized spacial score (nSPS) is 22.2. The second-order valence-electron chi connectivity index (χ2n) is 4.81. The number of anilines is 1. The van der Waals surface area contributed by atoms with Crippen LogP contribution in [0.4, 0.5) is 5.69 Å². The van der Waals surface area contributed by atoms with Crippen molar-refractivity contribution in [1.29, 1.82) is 0 Å². The van der Waals surface area contributed by atoms with Gasteiger partial charge in [-0.15, -0.1) is 0 Å². The van der Waals surface area contributed by atoms with Gasteiger partial charge in [0, 0.05) is 26.7 Å². The van der Waals surface area contributed by atoms with Crippen LogP contribution < -0.4 is 15.5 Å². The standard InChI is InChI=1S/C13H18N4O2/c1-14-13(18)10-2-3-12-11(16-10)8-19-7-9-6-15-4-5-17(9)12/h2-3,9,15H,4-8H2,1H3,(H,14,18)/t9-/m0/s1. The molecular formula is C13H18N4O2. The molecule has 1 atom stereocenters. The largest absolute Gasteiger partial charge is 0.373 e. The molecule has 3 rings (SSSR count). The van der Waals surface area contributed by atoms with Gasteiger partial charge in [-0.1, -0.05) is 0 Å². The molecule has 19 heavy (non-hydrogen) atoms. The quantitative estimate of drug-likeness (QED) is 0.730. The summed E-state index contributed by atoms with van der Waals surface area (Å²) in [6.07, 6.45) is 0. The molecule has 1 saturated heterocycles. The summed E-state index contributed by atoms with van der Waals surface area (Å²) in [7, 11) is 1.61. The molecule has 1 fully saturated rings. The number of rotatable bonds is 1. The third kappa shape index (κ3) is 2.29. The van der Waals surface area contributed by atoms with Crippen molar-refractivity contribution in [3.05, 3.63) is 23.5 Å². The second-order valence-corrected chi connectivity index (χ2v) is 4.81. The van der Waals surface area contributed by atoms with Gasteiger partial charge in [0.1, 0.15) is 5.69 Å². The fraction of sp³-hybridized carbons (Fsp3) is 0.538. The molecule has 1 aromatic rings. The maximum absolute atomic E-state index is 11.6. The van der Waals surface area contributed by atoms with E-state index in [1.165, 1.54) is 0 Å². The topological polar surface area (TPSA) is 66.5 Å². The van der Waals surface area contributed by atoms with E-state index in [-0.39, 0.29) is 5.91 Å². The van der Waals surface area contributed by atoms with Gasteiger partial charge in [0.2, 0.25) is 0 Å². The van der Waals surface area contributed by atoms with Crippen molar-refractivity contribution < 1.29 is 9.53 Å². The predicted octanol–water partition coefficient (Wildman–Crippen LogP) is -0.250. The summed E-state index contributed by atoms with van der Waals surface area (Å²) in [5.74, 6) is -0.163. The number of nitrogens with one attached hydrogen (secondary N) is 2. The highest BCUT2D eigenvalue weighted by Crippen LogP contribution is 2.26. The molecule has 1 aromatic heterocycles. The minimum atomic E-state index is -0.163. The van der Waals surface area contributed by atoms with E-state index in [2.05, 4.69) is 20.5 Å². The average Bonchev–Trinajstić information content (AvgIpc) is 2.65. The highest BCUT2D eigenvalue weighted by molar-refractivity contribution is 5.92. The van der Waals surface area contributed by atoms with Crippen LogP contribution in [-0.4, -0.2) is 50.2 Å². The summed E-state index contributed by atoms with van der Waals surface area (Å²) in [4.78, 5) is 18.4. The number of aromatic nitrogens is 1. The van der Waals surface area contributed by atoms with Crippen molar-refractivity contribution in [3.63, 3.8) is 0 Å². The molecule has 2 N–H and O–H groups in total. The van der Waals surface area contributed by atoms with Gasteiger partial charge < -0.3 is 20.3 Å². The van der Waals surface area contributed by atoms with E-state index < -0.39 is 0 Å². The van der Waals surface area contributed by atoms with Gasteiger partial charge in [0.15, 0.2) is 0 Å². The van der Waals surface area contributed by atoms with Crippen LogP contribution >= 0.6 is 0 Å². The minimum absolute atomic E-state index is 0.163. The van der Waals surface area contributed by atoms with Crippen LogP contribution in [0.3, 0.4) is 0 Å². The number of amides is 1. The maximum Gasteiger partial charge on any atom is 0.269 e. The highest BCUT2D eigenvalue weighted by atomic mass is 16.5. The molecule has 0 saturated carbocycles. The summed E-state index contributed by atoms with van der Waals surface area (Å²) in [6.45, 7) is 4.00. The van der Waals surface area contributed by atoms with Crippen molar-refractivity contribution in [2.24, 2.45) is 0 Å². The predicted molar refractivity (Wildman–Crippen MR) is 71.3 cm³/mol. The number of carbonyl (C=O) groups is 1. The monoisotopic (exact) mass is 262 g/mol. The molecule has 0 bridgehead atoms. The number of carbonyl (C=O) groups excluding carboxylic acids is 1. The second kappa shape index (κ2) is 5.14. The summed E-state index contributed by atoms with van der Waals surface area (Å²) in [5.41, 5.74) is 2.39. The van der Waals surface area contributed by atoms with Crippen LogP contribution in [0, 0.1) is 0 Å². The van der Waals surface area contributed by atoms with E-state index in [9.17, 15) is 4.79 Å². The lowest BCUT2D eigenvalue weighted by Crippen LogP contribution is -2.53. The molecule has 0 unspecified atom stereocenters. The summed E-state index contributed by atoms with van der Waals surface area (Å²) in [5, 5.41) is 5.97. The zero-order valence-electron chi connectivity index (χ0n) is 11.0. The third-order valence-electron chi connectivity index (χ3n) is 3.62. The lowest BCUT2D eigenvalue weighted by molar-refractivity contribution is 0.0954. The van der Waals surface area contributed by atoms with Crippen LogP contribution in [0.15, 0.2) is 12.1 Å². The van der Waals surface area contributed by atoms with Gasteiger partial charge >= 0.3 is 0 Å². The Morgan fingerprint density at radius 2 is 2.47 bits per heavy atom. The Balaban J connectivity index is 1.96. The number of fused-ring (bicyclic) bond motifs is 3. The van der Waals surface area contributed by atoms with Crippen molar-refractivity contribution in [2.75, 3.05) is 38.2 Å². The highest BCUT2D eigenvalue weighted by Gasteiger charge is 2.28. The van der Waals surface area contributed by atoms with Crippen molar-refractivity contribution in [2.45, 2.75) is 12.6 Å². The Morgan fingerprint density at radius 3 is 3.32 bits per heavy atom. The lowest BCUT2D eigenvalue weighted by atomic mass is 10.1. The van der Waals surface area contributed by atoms with Crippen molar-refractivity contribution in [1.82, 2.24) is 15.6 Å². The van der Waals surface area contributed by atoms with E-state index in [0.717, 1.165) is 31.0 Å². The van der Waals surface area contributed by atoms with E-state index in [4.69, 9.17) is 4.74 Å². The molecule has 2 aliphatic heterocycles. The molecule has 6 nitrogen and oxygen atoms in total. The zero-order valence-corrected chi connectivity index (χ0v) is 11.0. The minimum Gasteiger partial charge on any atom is -0.373 e. The SMILES string of the molecule is CNC(=O)c1ccc2c(n1)COC[C@@H]1CNCCN21. The van der Waals surface area contributed by atoms with E-state index in [1.807, 2.05) is 6.07 Å². The number of ether oxygens (including phenoxy) is 1. The van der Waals surface area contributed by atoms with E-state index in [1.54, 1.807) is 13.1 Å². The number of hydrogen-bond donors (Lipinski definition) is 2. The molecule has 0 aromatic carbocycles. The summed E-state index contributed by atoms with van der Waals surface area (Å²) in [6, 6.07) is 4.12. The fourth-order valence-electron chi connectivity index (χ4n) is 2.63. The Hall–Kier alpha value is -1.66. The smallest absolute Gasteiger partial charge is 0.269 e. The van der Waals surface area contributed by atoms with Crippen LogP contribution in [-0.2, 0) is 11.3 Å². The van der Waals surface area contributed by atoms with Crippen molar-refractivity contribution >= 4 is 11.6 Å². The number of pyridine rings is 1. The molecular weight excluding hydrogens is 244 g/mol. The Labute approximate surface area is 112 Å². The Morgan fingerprint density at radius 1 is 1.58 bits per heavy atom. The summed E-state index contributed by atoms with van der Waals surface area (Å²) < 4.78 is 5.68. The molecule has 102 valence electrons. The maximum atomic E-state index is 11.6. The fourth-order valence-corrected chi connectivity index (χ4v) is 2.63. The number of piperazine rings is 1. The molecule has 0 radical (unpaired) electrons. The number of nitrogens with zero attached hydrogens (tertiary/aromatic N) is 2. The van der Waals surface area contributed by atoms with E-state index >= 15 is 0 Å². The Kier molecular flexibility index (Phi) is 3.35. The Bertz CT molecular complexity index is 492. The lowest BCUT2D eigenvalue weighted by Gasteiger charge is -2.36. The molecule has 6 heteroatoms. The van der Waals surface area contributed by atoms with Crippen LogP contribution in [0.2, 0.25) is 0 Å². The van der Waals surface area contributed by atoms with Gasteiger partial charge in [0.25, 0.3) is 5.91 Å². The molecule has 0 spiro atoms. The van der Waals surface area contributed by atoms with Gasteiger partial charge in [-0.25, -0.2) is 4.98 Å². The first-order valence-electron chi connectivity index (χ1n) is 6.56. The molecule has 0 aliphatic carbocycles. The molecule has 2 aliphatic rings. The van der Waals surface area contributed by atoms with Gasteiger partial charge in [-0.3, -0.25) is 4.79 Å². The summed E-state index contributed by atoms with van der Waals surface area (Å²) >= 11 is 0. The average molecular weight is 262 g/mol. The number of hydrogen-bond acceptors (Lipinski definition) is 5. The first-order valence-corrected chi connectivity index (χ1v) is 6.56. The van der Waals surface area contributed by atoms with Crippen LogP contribution in [0.25, 0.3) is 0 Å². The van der Waals surface area contributed by atoms with Crippen LogP contribution in [0.1, 0.15) is 16.2 Å². The van der Waals surface area contributed by atoms with Gasteiger partial charge in [-0.05, 0) is 12.1 Å².